The minimum absolute atomic E-state index is 0.0532. The molecule has 2 aromatic carbocycles. The van der Waals surface area contributed by atoms with Crippen molar-refractivity contribution in [3.8, 4) is 5.75 Å². The maximum absolute atomic E-state index is 12.3. The zero-order valence-corrected chi connectivity index (χ0v) is 12.9. The first kappa shape index (κ1) is 13.2. The lowest BCUT2D eigenvalue weighted by atomic mass is 10.1. The molecule has 1 amide bonds. The zero-order chi connectivity index (χ0) is 14.3. The van der Waals surface area contributed by atoms with Gasteiger partial charge in [0, 0.05) is 4.47 Å². The second-order valence-electron chi connectivity index (χ2n) is 4.92. The van der Waals surface area contributed by atoms with Gasteiger partial charge in [0.15, 0.2) is 6.61 Å². The highest BCUT2D eigenvalue weighted by Crippen LogP contribution is 2.40. The summed E-state index contributed by atoms with van der Waals surface area (Å²) in [5.41, 5.74) is 3.94. The van der Waals surface area contributed by atoms with E-state index >= 15 is 0 Å². The molecule has 3 nitrogen and oxygen atoms in total. The van der Waals surface area contributed by atoms with E-state index in [4.69, 9.17) is 4.74 Å². The Morgan fingerprint density at radius 1 is 1.10 bits per heavy atom. The third-order valence-corrected chi connectivity index (χ3v) is 3.85. The van der Waals surface area contributed by atoms with Crippen LogP contribution in [0.5, 0.6) is 5.75 Å². The lowest BCUT2D eigenvalue weighted by molar-refractivity contribution is -0.120. The van der Waals surface area contributed by atoms with Gasteiger partial charge in [-0.05, 0) is 43.7 Å². The Labute approximate surface area is 126 Å². The fraction of sp³-hybridized carbons (Fsp3) is 0.188. The lowest BCUT2D eigenvalue weighted by Crippen LogP contribution is -2.35. The summed E-state index contributed by atoms with van der Waals surface area (Å²) < 4.78 is 6.41. The molecule has 0 saturated heterocycles. The SMILES string of the molecule is Cc1ccc(N2C(=O)COc3ccc(Br)cc32)c(C)c1. The average molecular weight is 332 g/mol. The minimum atomic E-state index is -0.0532. The highest BCUT2D eigenvalue weighted by Gasteiger charge is 2.28. The Balaban J connectivity index is 2.18. The smallest absolute Gasteiger partial charge is 0.269 e. The van der Waals surface area contributed by atoms with E-state index in [9.17, 15) is 4.79 Å². The highest BCUT2D eigenvalue weighted by molar-refractivity contribution is 9.10. The van der Waals surface area contributed by atoms with Crippen molar-refractivity contribution in [3.05, 3.63) is 52.0 Å². The molecule has 1 aliphatic heterocycles. The van der Waals surface area contributed by atoms with E-state index in [-0.39, 0.29) is 12.5 Å². The number of carbonyl (C=O) groups excluding carboxylic acids is 1. The molecule has 0 aliphatic carbocycles. The standard InChI is InChI=1S/C16H14BrNO2/c1-10-3-5-13(11(2)7-10)18-14-8-12(17)4-6-15(14)20-9-16(18)19/h3-8H,9H2,1-2H3. The van der Waals surface area contributed by atoms with Crippen LogP contribution in [0.1, 0.15) is 11.1 Å². The predicted molar refractivity (Wildman–Crippen MR) is 82.7 cm³/mol. The van der Waals surface area contributed by atoms with Crippen molar-refractivity contribution in [2.45, 2.75) is 13.8 Å². The second-order valence-corrected chi connectivity index (χ2v) is 5.84. The molecule has 0 saturated carbocycles. The van der Waals surface area contributed by atoms with Crippen molar-refractivity contribution in [2.24, 2.45) is 0 Å². The van der Waals surface area contributed by atoms with Crippen molar-refractivity contribution in [2.75, 3.05) is 11.5 Å². The summed E-state index contributed by atoms with van der Waals surface area (Å²) >= 11 is 3.45. The number of amides is 1. The molecule has 1 heterocycles. The number of halogens is 1. The van der Waals surface area contributed by atoms with Gasteiger partial charge in [0.05, 0.1) is 11.4 Å². The zero-order valence-electron chi connectivity index (χ0n) is 11.3. The van der Waals surface area contributed by atoms with Crippen LogP contribution >= 0.6 is 15.9 Å². The van der Waals surface area contributed by atoms with Crippen LogP contribution in [-0.4, -0.2) is 12.5 Å². The van der Waals surface area contributed by atoms with Gasteiger partial charge in [0.1, 0.15) is 5.75 Å². The van der Waals surface area contributed by atoms with Crippen LogP contribution in [0.25, 0.3) is 0 Å². The lowest BCUT2D eigenvalue weighted by Gasteiger charge is -2.30. The molecule has 102 valence electrons. The molecule has 0 spiro atoms. The Kier molecular flexibility index (Phi) is 3.26. The Hall–Kier alpha value is -1.81. The normalized spacial score (nSPS) is 13.9. The number of nitrogens with zero attached hydrogens (tertiary/aromatic N) is 1. The Bertz CT molecular complexity index is 697. The number of anilines is 2. The van der Waals surface area contributed by atoms with Gasteiger partial charge in [-0.1, -0.05) is 33.6 Å². The van der Waals surface area contributed by atoms with E-state index in [2.05, 4.69) is 22.0 Å². The van der Waals surface area contributed by atoms with Crippen molar-refractivity contribution in [1.29, 1.82) is 0 Å². The summed E-state index contributed by atoms with van der Waals surface area (Å²) in [6.45, 7) is 4.13. The molecule has 4 heteroatoms. The van der Waals surface area contributed by atoms with Gasteiger partial charge < -0.3 is 4.74 Å². The summed E-state index contributed by atoms with van der Waals surface area (Å²) in [5.74, 6) is 0.676. The summed E-state index contributed by atoms with van der Waals surface area (Å²) in [6.07, 6.45) is 0. The maximum atomic E-state index is 12.3. The first-order chi connectivity index (χ1) is 9.56. The first-order valence-corrected chi connectivity index (χ1v) is 7.18. The molecule has 20 heavy (non-hydrogen) atoms. The number of fused-ring (bicyclic) bond motifs is 1. The number of rotatable bonds is 1. The maximum Gasteiger partial charge on any atom is 0.269 e. The minimum Gasteiger partial charge on any atom is -0.482 e. The van der Waals surface area contributed by atoms with Gasteiger partial charge in [0.25, 0.3) is 5.91 Å². The van der Waals surface area contributed by atoms with E-state index in [0.29, 0.717) is 0 Å². The van der Waals surface area contributed by atoms with Gasteiger partial charge in [-0.3, -0.25) is 9.69 Å². The molecule has 0 atom stereocenters. The number of hydrogen-bond donors (Lipinski definition) is 0. The fourth-order valence-electron chi connectivity index (χ4n) is 2.45. The largest absolute Gasteiger partial charge is 0.482 e. The van der Waals surface area contributed by atoms with Crippen LogP contribution < -0.4 is 9.64 Å². The third-order valence-electron chi connectivity index (χ3n) is 3.36. The monoisotopic (exact) mass is 331 g/mol. The van der Waals surface area contributed by atoms with Crippen LogP contribution in [0.4, 0.5) is 11.4 Å². The molecule has 0 radical (unpaired) electrons. The van der Waals surface area contributed by atoms with Crippen LogP contribution in [0.2, 0.25) is 0 Å². The second kappa shape index (κ2) is 4.94. The van der Waals surface area contributed by atoms with E-state index in [1.54, 1.807) is 4.90 Å². The first-order valence-electron chi connectivity index (χ1n) is 6.39. The van der Waals surface area contributed by atoms with E-state index in [1.165, 1.54) is 5.56 Å². The van der Waals surface area contributed by atoms with E-state index in [1.807, 2.05) is 44.2 Å². The van der Waals surface area contributed by atoms with Crippen molar-refractivity contribution < 1.29 is 9.53 Å². The van der Waals surface area contributed by atoms with Gasteiger partial charge in [-0.15, -0.1) is 0 Å². The Morgan fingerprint density at radius 2 is 1.90 bits per heavy atom. The van der Waals surface area contributed by atoms with Crippen molar-refractivity contribution in [1.82, 2.24) is 0 Å². The van der Waals surface area contributed by atoms with Crippen molar-refractivity contribution in [3.63, 3.8) is 0 Å². The average Bonchev–Trinajstić information content (AvgIpc) is 2.40. The van der Waals surface area contributed by atoms with Crippen molar-refractivity contribution >= 4 is 33.2 Å². The molecule has 0 bridgehead atoms. The van der Waals surface area contributed by atoms with Crippen LogP contribution in [0, 0.1) is 13.8 Å². The molecule has 0 fully saturated rings. The summed E-state index contributed by atoms with van der Waals surface area (Å²) in [4.78, 5) is 14.0. The summed E-state index contributed by atoms with van der Waals surface area (Å²) in [6, 6.07) is 11.8. The molecule has 0 unspecified atom stereocenters. The molecule has 0 N–H and O–H groups in total. The number of ether oxygens (including phenoxy) is 1. The van der Waals surface area contributed by atoms with Crippen LogP contribution in [0.3, 0.4) is 0 Å². The summed E-state index contributed by atoms with van der Waals surface area (Å²) in [7, 11) is 0. The van der Waals surface area contributed by atoms with Gasteiger partial charge in [-0.2, -0.15) is 0 Å². The quantitative estimate of drug-likeness (QED) is 0.786. The van der Waals surface area contributed by atoms with Crippen LogP contribution in [0.15, 0.2) is 40.9 Å². The number of aryl methyl sites for hydroxylation is 2. The Morgan fingerprint density at radius 3 is 2.65 bits per heavy atom. The number of hydrogen-bond acceptors (Lipinski definition) is 2. The third kappa shape index (κ3) is 2.20. The number of carbonyl (C=O) groups is 1. The number of benzene rings is 2. The molecule has 0 aromatic heterocycles. The van der Waals surface area contributed by atoms with Gasteiger partial charge >= 0.3 is 0 Å². The molecule has 3 rings (SSSR count). The molecular weight excluding hydrogens is 318 g/mol. The molecule has 1 aliphatic rings. The predicted octanol–water partition coefficient (Wildman–Crippen LogP) is 4.12. The van der Waals surface area contributed by atoms with E-state index in [0.717, 1.165) is 27.2 Å². The van der Waals surface area contributed by atoms with Gasteiger partial charge in [-0.25, -0.2) is 0 Å². The van der Waals surface area contributed by atoms with Gasteiger partial charge in [0.2, 0.25) is 0 Å². The van der Waals surface area contributed by atoms with E-state index < -0.39 is 0 Å². The summed E-state index contributed by atoms with van der Waals surface area (Å²) in [5, 5.41) is 0. The highest BCUT2D eigenvalue weighted by atomic mass is 79.9. The topological polar surface area (TPSA) is 29.5 Å². The van der Waals surface area contributed by atoms with Crippen LogP contribution in [-0.2, 0) is 4.79 Å². The fourth-order valence-corrected chi connectivity index (χ4v) is 2.80. The molecular formula is C16H14BrNO2. The molecule has 2 aromatic rings.